The number of aldehydes is 1. The molecule has 0 spiro atoms. The van der Waals surface area contributed by atoms with Gasteiger partial charge in [-0.05, 0) is 11.6 Å². The van der Waals surface area contributed by atoms with Crippen molar-refractivity contribution in [2.24, 2.45) is 4.99 Å². The molecule has 0 amide bonds. The molecule has 1 aromatic rings. The first kappa shape index (κ1) is 10.3. The molecule has 0 unspecified atom stereocenters. The molecule has 0 fully saturated rings. The van der Waals surface area contributed by atoms with Crippen LogP contribution in [0.2, 0.25) is 0 Å². The molecule has 0 N–H and O–H groups in total. The van der Waals surface area contributed by atoms with Crippen LogP contribution in [-0.4, -0.2) is 18.2 Å². The minimum atomic E-state index is -0.447. The lowest BCUT2D eigenvalue weighted by molar-refractivity contribution is -0.130. The van der Waals surface area contributed by atoms with Crippen molar-refractivity contribution in [1.82, 2.24) is 0 Å². The molecule has 0 bridgehead atoms. The zero-order chi connectivity index (χ0) is 11.5. The van der Waals surface area contributed by atoms with Gasteiger partial charge in [0.1, 0.15) is 6.29 Å². The number of nitrogens with zero attached hydrogens (tertiary/aromatic N) is 1. The summed E-state index contributed by atoms with van der Waals surface area (Å²) in [5.41, 5.74) is 1.67. The first-order valence-corrected chi connectivity index (χ1v) is 4.73. The lowest BCUT2D eigenvalue weighted by Gasteiger charge is -1.94. The number of hydrogen-bond donors (Lipinski definition) is 0. The number of rotatable bonds is 2. The molecule has 1 aromatic carbocycles. The Hall–Kier alpha value is -2.23. The summed E-state index contributed by atoms with van der Waals surface area (Å²) >= 11 is 0. The molecule has 0 saturated heterocycles. The van der Waals surface area contributed by atoms with Crippen LogP contribution in [0.5, 0.6) is 0 Å². The molecule has 0 aliphatic carbocycles. The van der Waals surface area contributed by atoms with Gasteiger partial charge in [-0.2, -0.15) is 0 Å². The van der Waals surface area contributed by atoms with Crippen molar-refractivity contribution < 1.29 is 14.3 Å². The highest BCUT2D eigenvalue weighted by Crippen LogP contribution is 2.15. The molecule has 0 saturated carbocycles. The number of hydrogen-bond acceptors (Lipinski definition) is 4. The van der Waals surface area contributed by atoms with E-state index < -0.39 is 5.97 Å². The van der Waals surface area contributed by atoms with Crippen molar-refractivity contribution in [3.05, 3.63) is 41.1 Å². The van der Waals surface area contributed by atoms with E-state index in [1.807, 2.05) is 0 Å². The summed E-state index contributed by atoms with van der Waals surface area (Å²) in [6, 6.07) is 6.84. The van der Waals surface area contributed by atoms with Crippen molar-refractivity contribution in [3.63, 3.8) is 0 Å². The van der Waals surface area contributed by atoms with Crippen molar-refractivity contribution in [2.75, 3.05) is 0 Å². The molecule has 4 nitrogen and oxygen atoms in total. The van der Waals surface area contributed by atoms with E-state index in [4.69, 9.17) is 4.74 Å². The zero-order valence-corrected chi connectivity index (χ0v) is 8.64. The second-order valence-corrected chi connectivity index (χ2v) is 3.33. The Kier molecular flexibility index (Phi) is 2.64. The van der Waals surface area contributed by atoms with Crippen LogP contribution in [0.1, 0.15) is 22.8 Å². The van der Waals surface area contributed by atoms with E-state index in [0.717, 1.165) is 11.8 Å². The SMILES string of the molecule is CC1=NC(=Cc2ccc(C=O)cc2)C(=O)O1. The lowest BCUT2D eigenvalue weighted by Crippen LogP contribution is -1.99. The average molecular weight is 215 g/mol. The molecule has 2 rings (SSSR count). The predicted octanol–water partition coefficient (Wildman–Crippen LogP) is 1.82. The summed E-state index contributed by atoms with van der Waals surface area (Å²) in [6.07, 6.45) is 2.39. The minimum Gasteiger partial charge on any atom is -0.407 e. The Balaban J connectivity index is 2.29. The maximum atomic E-state index is 11.3. The number of ether oxygens (including phenoxy) is 1. The first-order chi connectivity index (χ1) is 7.69. The minimum absolute atomic E-state index is 0.274. The van der Waals surface area contributed by atoms with Crippen LogP contribution in [0, 0.1) is 0 Å². The van der Waals surface area contributed by atoms with Gasteiger partial charge in [0, 0.05) is 12.5 Å². The molecule has 80 valence electrons. The number of esters is 1. The van der Waals surface area contributed by atoms with E-state index in [1.165, 1.54) is 0 Å². The van der Waals surface area contributed by atoms with Gasteiger partial charge < -0.3 is 4.74 Å². The largest absolute Gasteiger partial charge is 0.407 e. The molecule has 0 atom stereocenters. The Morgan fingerprint density at radius 1 is 1.19 bits per heavy atom. The van der Waals surface area contributed by atoms with Crippen molar-refractivity contribution >= 4 is 24.2 Å². The van der Waals surface area contributed by atoms with Crippen LogP contribution < -0.4 is 0 Å². The average Bonchev–Trinajstić information content (AvgIpc) is 2.59. The van der Waals surface area contributed by atoms with Gasteiger partial charge in [0.05, 0.1) is 0 Å². The van der Waals surface area contributed by atoms with Gasteiger partial charge >= 0.3 is 5.97 Å². The third-order valence-corrected chi connectivity index (χ3v) is 2.10. The molecule has 1 aliphatic rings. The molecular weight excluding hydrogens is 206 g/mol. The third-order valence-electron chi connectivity index (χ3n) is 2.10. The second kappa shape index (κ2) is 4.10. The Morgan fingerprint density at radius 3 is 2.31 bits per heavy atom. The fraction of sp³-hybridized carbons (Fsp3) is 0.0833. The zero-order valence-electron chi connectivity index (χ0n) is 8.64. The molecular formula is C12H9NO3. The van der Waals surface area contributed by atoms with E-state index >= 15 is 0 Å². The Labute approximate surface area is 92.3 Å². The van der Waals surface area contributed by atoms with Gasteiger partial charge in [-0.1, -0.05) is 24.3 Å². The maximum Gasteiger partial charge on any atom is 0.363 e. The summed E-state index contributed by atoms with van der Waals surface area (Å²) in [5, 5.41) is 0. The van der Waals surface area contributed by atoms with Crippen LogP contribution in [0.25, 0.3) is 6.08 Å². The van der Waals surface area contributed by atoms with Gasteiger partial charge in [-0.25, -0.2) is 9.79 Å². The third kappa shape index (κ3) is 2.06. The fourth-order valence-corrected chi connectivity index (χ4v) is 1.34. The Bertz CT molecular complexity index is 498. The van der Waals surface area contributed by atoms with Crippen molar-refractivity contribution in [3.8, 4) is 0 Å². The van der Waals surface area contributed by atoms with Crippen LogP contribution >= 0.6 is 0 Å². The van der Waals surface area contributed by atoms with Crippen LogP contribution in [0.3, 0.4) is 0 Å². The summed E-state index contributed by atoms with van der Waals surface area (Å²) in [5.74, 6) is -0.0993. The highest BCUT2D eigenvalue weighted by atomic mass is 16.6. The van der Waals surface area contributed by atoms with Gasteiger partial charge in [0.25, 0.3) is 0 Å². The summed E-state index contributed by atoms with van der Waals surface area (Å²) in [4.78, 5) is 25.6. The first-order valence-electron chi connectivity index (χ1n) is 4.73. The fourth-order valence-electron chi connectivity index (χ4n) is 1.34. The number of aliphatic imine (C=N–C) groups is 1. The quantitative estimate of drug-likeness (QED) is 0.429. The summed E-state index contributed by atoms with van der Waals surface area (Å²) in [7, 11) is 0. The topological polar surface area (TPSA) is 55.7 Å². The number of benzene rings is 1. The molecule has 1 aliphatic heterocycles. The van der Waals surface area contributed by atoms with Gasteiger partial charge in [-0.15, -0.1) is 0 Å². The monoisotopic (exact) mass is 215 g/mol. The molecule has 0 aromatic heterocycles. The second-order valence-electron chi connectivity index (χ2n) is 3.33. The molecule has 0 radical (unpaired) electrons. The van der Waals surface area contributed by atoms with Crippen LogP contribution in [-0.2, 0) is 9.53 Å². The maximum absolute atomic E-state index is 11.3. The van der Waals surface area contributed by atoms with Gasteiger partial charge in [0.15, 0.2) is 11.6 Å². The van der Waals surface area contributed by atoms with E-state index in [1.54, 1.807) is 37.3 Å². The van der Waals surface area contributed by atoms with Crippen molar-refractivity contribution in [2.45, 2.75) is 6.92 Å². The number of cyclic esters (lactones) is 1. The predicted molar refractivity (Wildman–Crippen MR) is 59.0 cm³/mol. The molecule has 1 heterocycles. The van der Waals surface area contributed by atoms with Crippen molar-refractivity contribution in [1.29, 1.82) is 0 Å². The summed E-state index contributed by atoms with van der Waals surface area (Å²) in [6.45, 7) is 1.62. The number of carbonyl (C=O) groups excluding carboxylic acids is 2. The standard InChI is InChI=1S/C12H9NO3/c1-8-13-11(12(15)16-8)6-9-2-4-10(7-14)5-3-9/h2-7H,1H3. The molecule has 16 heavy (non-hydrogen) atoms. The van der Waals surface area contributed by atoms with Gasteiger partial charge in [0.2, 0.25) is 0 Å². The van der Waals surface area contributed by atoms with E-state index in [2.05, 4.69) is 4.99 Å². The normalized spacial score (nSPS) is 17.2. The lowest BCUT2D eigenvalue weighted by atomic mass is 10.1. The summed E-state index contributed by atoms with van der Waals surface area (Å²) < 4.78 is 4.78. The van der Waals surface area contributed by atoms with Crippen LogP contribution in [0.15, 0.2) is 35.0 Å². The highest BCUT2D eigenvalue weighted by molar-refractivity contribution is 6.06. The molecule has 4 heteroatoms. The van der Waals surface area contributed by atoms with E-state index in [-0.39, 0.29) is 5.70 Å². The number of carbonyl (C=O) groups is 2. The Morgan fingerprint density at radius 2 is 1.81 bits per heavy atom. The van der Waals surface area contributed by atoms with E-state index in [9.17, 15) is 9.59 Å². The smallest absolute Gasteiger partial charge is 0.363 e. The van der Waals surface area contributed by atoms with E-state index in [0.29, 0.717) is 11.5 Å². The van der Waals surface area contributed by atoms with Gasteiger partial charge in [-0.3, -0.25) is 4.79 Å². The van der Waals surface area contributed by atoms with Crippen LogP contribution in [0.4, 0.5) is 0 Å². The highest BCUT2D eigenvalue weighted by Gasteiger charge is 2.19.